The zero-order valence-electron chi connectivity index (χ0n) is 14.7. The second kappa shape index (κ2) is 8.77. The van der Waals surface area contributed by atoms with Crippen LogP contribution in [0.2, 0.25) is 0 Å². The lowest BCUT2D eigenvalue weighted by atomic mass is 10.1. The molecule has 1 atom stereocenters. The van der Waals surface area contributed by atoms with Gasteiger partial charge in [-0.15, -0.1) is 0 Å². The molecule has 0 aliphatic carbocycles. The molecule has 2 heterocycles. The Morgan fingerprint density at radius 2 is 2.04 bits per heavy atom. The van der Waals surface area contributed by atoms with Crippen LogP contribution in [0.15, 0.2) is 42.9 Å². The summed E-state index contributed by atoms with van der Waals surface area (Å²) in [6.45, 7) is 4.10. The van der Waals surface area contributed by atoms with Gasteiger partial charge in [-0.1, -0.05) is 12.1 Å². The number of amides is 3. The minimum absolute atomic E-state index is 0.112. The van der Waals surface area contributed by atoms with Gasteiger partial charge < -0.3 is 15.5 Å². The monoisotopic (exact) mass is 341 g/mol. The summed E-state index contributed by atoms with van der Waals surface area (Å²) in [5.41, 5.74) is 1.97. The summed E-state index contributed by atoms with van der Waals surface area (Å²) in [5.74, 6) is 0.309. The van der Waals surface area contributed by atoms with E-state index < -0.39 is 0 Å². The highest BCUT2D eigenvalue weighted by Gasteiger charge is 2.17. The van der Waals surface area contributed by atoms with Crippen LogP contribution in [0.3, 0.4) is 0 Å². The maximum atomic E-state index is 12.2. The van der Waals surface area contributed by atoms with Crippen molar-refractivity contribution in [3.05, 3.63) is 54.0 Å². The van der Waals surface area contributed by atoms with Gasteiger partial charge in [-0.25, -0.2) is 9.78 Å². The van der Waals surface area contributed by atoms with Crippen LogP contribution in [0.1, 0.15) is 30.5 Å². The van der Waals surface area contributed by atoms with Crippen LogP contribution < -0.4 is 10.6 Å². The first-order chi connectivity index (χ1) is 12.0. The van der Waals surface area contributed by atoms with Gasteiger partial charge in [0.15, 0.2) is 0 Å². The van der Waals surface area contributed by atoms with Crippen molar-refractivity contribution in [2.45, 2.75) is 26.3 Å². The third-order valence-electron chi connectivity index (χ3n) is 3.88. The standard InChI is InChI=1S/C18H23N5O2/c1-13-6-7-16(21-11-13)22-17(24)8-10-20-18(25)23(3)14(2)15-5-4-9-19-12-15/h4-7,9,11-12,14H,8,10H2,1-3H3,(H,20,25)(H,21,22,24). The number of carbonyl (C=O) groups is 2. The van der Waals surface area contributed by atoms with Crippen molar-refractivity contribution in [1.29, 1.82) is 0 Å². The molecule has 2 N–H and O–H groups in total. The number of rotatable bonds is 6. The summed E-state index contributed by atoms with van der Waals surface area (Å²) >= 11 is 0. The number of pyridine rings is 2. The smallest absolute Gasteiger partial charge is 0.317 e. The van der Waals surface area contributed by atoms with E-state index in [4.69, 9.17) is 0 Å². The van der Waals surface area contributed by atoms with E-state index in [1.165, 1.54) is 0 Å². The van der Waals surface area contributed by atoms with E-state index in [9.17, 15) is 9.59 Å². The molecule has 0 saturated heterocycles. The van der Waals surface area contributed by atoms with E-state index >= 15 is 0 Å². The van der Waals surface area contributed by atoms with E-state index in [1.807, 2.05) is 32.0 Å². The number of aromatic nitrogens is 2. The quantitative estimate of drug-likeness (QED) is 0.845. The summed E-state index contributed by atoms with van der Waals surface area (Å²) in [4.78, 5) is 33.8. The molecule has 0 bridgehead atoms. The largest absolute Gasteiger partial charge is 0.337 e. The molecule has 0 saturated carbocycles. The van der Waals surface area contributed by atoms with Gasteiger partial charge in [-0.3, -0.25) is 9.78 Å². The van der Waals surface area contributed by atoms with Gasteiger partial charge in [-0.05, 0) is 37.1 Å². The Balaban J connectivity index is 1.75. The van der Waals surface area contributed by atoms with Crippen LogP contribution in [0.5, 0.6) is 0 Å². The third-order valence-corrected chi connectivity index (χ3v) is 3.88. The van der Waals surface area contributed by atoms with Crippen LogP contribution in [0.4, 0.5) is 10.6 Å². The van der Waals surface area contributed by atoms with Crippen LogP contribution in [-0.4, -0.2) is 40.4 Å². The Labute approximate surface area is 147 Å². The normalized spacial score (nSPS) is 11.5. The Morgan fingerprint density at radius 3 is 2.68 bits per heavy atom. The van der Waals surface area contributed by atoms with E-state index in [1.54, 1.807) is 36.6 Å². The summed E-state index contributed by atoms with van der Waals surface area (Å²) in [5, 5.41) is 5.44. The Morgan fingerprint density at radius 1 is 1.24 bits per heavy atom. The highest BCUT2D eigenvalue weighted by Crippen LogP contribution is 2.17. The lowest BCUT2D eigenvalue weighted by Crippen LogP contribution is -2.39. The zero-order chi connectivity index (χ0) is 18.2. The van der Waals surface area contributed by atoms with Crippen LogP contribution in [-0.2, 0) is 4.79 Å². The Bertz CT molecular complexity index is 703. The van der Waals surface area contributed by atoms with Gasteiger partial charge in [0.05, 0.1) is 6.04 Å². The summed E-state index contributed by atoms with van der Waals surface area (Å²) in [7, 11) is 1.71. The summed E-state index contributed by atoms with van der Waals surface area (Å²) < 4.78 is 0. The van der Waals surface area contributed by atoms with E-state index in [0.29, 0.717) is 5.82 Å². The molecule has 0 spiro atoms. The van der Waals surface area contributed by atoms with Gasteiger partial charge in [0.25, 0.3) is 0 Å². The average molecular weight is 341 g/mol. The highest BCUT2D eigenvalue weighted by molar-refractivity contribution is 5.90. The number of anilines is 1. The molecule has 7 heteroatoms. The molecule has 1 unspecified atom stereocenters. The molecular weight excluding hydrogens is 318 g/mol. The van der Waals surface area contributed by atoms with Crippen molar-refractivity contribution in [1.82, 2.24) is 20.2 Å². The topological polar surface area (TPSA) is 87.2 Å². The fourth-order valence-corrected chi connectivity index (χ4v) is 2.18. The first kappa shape index (κ1) is 18.4. The number of carbonyl (C=O) groups excluding carboxylic acids is 2. The Kier molecular flexibility index (Phi) is 6.45. The molecule has 0 fully saturated rings. The van der Waals surface area contributed by atoms with Gasteiger partial charge in [-0.2, -0.15) is 0 Å². The first-order valence-corrected chi connectivity index (χ1v) is 8.10. The molecular formula is C18H23N5O2. The molecule has 2 aromatic rings. The molecule has 7 nitrogen and oxygen atoms in total. The molecule has 0 aromatic carbocycles. The lowest BCUT2D eigenvalue weighted by Gasteiger charge is -2.25. The third kappa shape index (κ3) is 5.56. The predicted molar refractivity (Wildman–Crippen MR) is 96.0 cm³/mol. The van der Waals surface area contributed by atoms with Crippen molar-refractivity contribution in [3.63, 3.8) is 0 Å². The van der Waals surface area contributed by atoms with Crippen LogP contribution in [0, 0.1) is 6.92 Å². The van der Waals surface area contributed by atoms with E-state index in [0.717, 1.165) is 11.1 Å². The highest BCUT2D eigenvalue weighted by atomic mass is 16.2. The predicted octanol–water partition coefficient (Wildman–Crippen LogP) is 2.52. The van der Waals surface area contributed by atoms with Crippen molar-refractivity contribution in [2.24, 2.45) is 0 Å². The fourth-order valence-electron chi connectivity index (χ4n) is 2.18. The number of nitrogens with one attached hydrogen (secondary N) is 2. The van der Waals surface area contributed by atoms with Gasteiger partial charge >= 0.3 is 6.03 Å². The minimum Gasteiger partial charge on any atom is -0.337 e. The number of aryl methyl sites for hydroxylation is 1. The van der Waals surface area contributed by atoms with E-state index in [2.05, 4.69) is 20.6 Å². The maximum Gasteiger partial charge on any atom is 0.317 e. The molecule has 0 aliphatic rings. The first-order valence-electron chi connectivity index (χ1n) is 8.10. The van der Waals surface area contributed by atoms with Gasteiger partial charge in [0, 0.05) is 38.6 Å². The number of nitrogens with zero attached hydrogens (tertiary/aromatic N) is 3. The average Bonchev–Trinajstić information content (AvgIpc) is 2.63. The molecule has 132 valence electrons. The van der Waals surface area contributed by atoms with Crippen LogP contribution in [0.25, 0.3) is 0 Å². The second-order valence-corrected chi connectivity index (χ2v) is 5.82. The summed E-state index contributed by atoms with van der Waals surface area (Å²) in [6.07, 6.45) is 5.29. The van der Waals surface area contributed by atoms with Gasteiger partial charge in [0.1, 0.15) is 5.82 Å². The number of urea groups is 1. The van der Waals surface area contributed by atoms with Gasteiger partial charge in [0.2, 0.25) is 5.91 Å². The van der Waals surface area contributed by atoms with Crippen molar-refractivity contribution >= 4 is 17.8 Å². The number of hydrogen-bond acceptors (Lipinski definition) is 4. The fraction of sp³-hybridized carbons (Fsp3) is 0.333. The molecule has 0 aliphatic heterocycles. The molecule has 3 amide bonds. The van der Waals surface area contributed by atoms with Crippen molar-refractivity contribution < 1.29 is 9.59 Å². The summed E-state index contributed by atoms with van der Waals surface area (Å²) in [6, 6.07) is 7.02. The van der Waals surface area contributed by atoms with E-state index in [-0.39, 0.29) is 30.9 Å². The van der Waals surface area contributed by atoms with Crippen LogP contribution >= 0.6 is 0 Å². The zero-order valence-corrected chi connectivity index (χ0v) is 14.7. The molecule has 2 aromatic heterocycles. The Hall–Kier alpha value is -2.96. The number of hydrogen-bond donors (Lipinski definition) is 2. The second-order valence-electron chi connectivity index (χ2n) is 5.82. The minimum atomic E-state index is -0.238. The van der Waals surface area contributed by atoms with Crippen molar-refractivity contribution in [3.8, 4) is 0 Å². The SMILES string of the molecule is Cc1ccc(NC(=O)CCNC(=O)N(C)C(C)c2cccnc2)nc1. The molecule has 25 heavy (non-hydrogen) atoms. The molecule has 0 radical (unpaired) electrons. The molecule has 2 rings (SSSR count). The van der Waals surface area contributed by atoms with Crippen molar-refractivity contribution in [2.75, 3.05) is 18.9 Å². The maximum absolute atomic E-state index is 12.2. The lowest BCUT2D eigenvalue weighted by molar-refractivity contribution is -0.116.